The predicted molar refractivity (Wildman–Crippen MR) is 70.3 cm³/mol. The molecule has 2 rings (SSSR count). The lowest BCUT2D eigenvalue weighted by Crippen LogP contribution is -2.18. The summed E-state index contributed by atoms with van der Waals surface area (Å²) < 4.78 is 3.06. The number of aliphatic carboxylic acids is 1. The van der Waals surface area contributed by atoms with Gasteiger partial charge in [-0.25, -0.2) is 0 Å². The minimum absolute atomic E-state index is 0.0876. The highest BCUT2D eigenvalue weighted by atomic mass is 16.4. The molecule has 0 fully saturated rings. The highest BCUT2D eigenvalue weighted by Gasteiger charge is 2.13. The topological polar surface area (TPSA) is 102 Å². The molecule has 2 heterocycles. The van der Waals surface area contributed by atoms with Gasteiger partial charge in [0, 0.05) is 18.9 Å². The van der Waals surface area contributed by atoms with E-state index in [-0.39, 0.29) is 18.9 Å². The van der Waals surface area contributed by atoms with Crippen molar-refractivity contribution >= 4 is 17.6 Å². The molecule has 20 heavy (non-hydrogen) atoms. The van der Waals surface area contributed by atoms with Gasteiger partial charge >= 0.3 is 5.97 Å². The highest BCUT2D eigenvalue weighted by molar-refractivity contribution is 6.02. The molecule has 1 amide bonds. The van der Waals surface area contributed by atoms with Gasteiger partial charge in [0.25, 0.3) is 5.91 Å². The van der Waals surface area contributed by atoms with Crippen LogP contribution in [-0.2, 0) is 17.9 Å². The third kappa shape index (κ3) is 3.22. The van der Waals surface area contributed by atoms with E-state index < -0.39 is 5.97 Å². The minimum Gasteiger partial charge on any atom is -0.481 e. The van der Waals surface area contributed by atoms with E-state index in [0.29, 0.717) is 17.9 Å². The Morgan fingerprint density at radius 1 is 1.40 bits per heavy atom. The number of anilines is 1. The van der Waals surface area contributed by atoms with Crippen molar-refractivity contribution in [2.75, 3.05) is 5.32 Å². The van der Waals surface area contributed by atoms with Crippen molar-refractivity contribution in [3.8, 4) is 0 Å². The van der Waals surface area contributed by atoms with Crippen LogP contribution in [0.25, 0.3) is 0 Å². The Labute approximate surface area is 115 Å². The maximum Gasteiger partial charge on any atom is 0.305 e. The van der Waals surface area contributed by atoms with E-state index in [0.717, 1.165) is 0 Å². The fourth-order valence-corrected chi connectivity index (χ4v) is 1.70. The number of aromatic nitrogens is 4. The van der Waals surface area contributed by atoms with Crippen LogP contribution in [-0.4, -0.2) is 36.5 Å². The predicted octanol–water partition coefficient (Wildman–Crippen LogP) is 0.827. The van der Waals surface area contributed by atoms with Gasteiger partial charge in [-0.2, -0.15) is 10.2 Å². The van der Waals surface area contributed by atoms with Gasteiger partial charge in [0.2, 0.25) is 0 Å². The quantitative estimate of drug-likeness (QED) is 0.814. The summed E-state index contributed by atoms with van der Waals surface area (Å²) in [6.07, 6.45) is 4.65. The Balaban J connectivity index is 2.05. The average Bonchev–Trinajstić information content (AvgIpc) is 3.04. The molecular weight excluding hydrogens is 262 g/mol. The van der Waals surface area contributed by atoms with Crippen LogP contribution in [0.5, 0.6) is 0 Å². The van der Waals surface area contributed by atoms with Crippen molar-refractivity contribution < 1.29 is 14.7 Å². The van der Waals surface area contributed by atoms with Gasteiger partial charge in [0.15, 0.2) is 0 Å². The monoisotopic (exact) mass is 277 g/mol. The van der Waals surface area contributed by atoms with Crippen molar-refractivity contribution in [1.29, 1.82) is 0 Å². The summed E-state index contributed by atoms with van der Waals surface area (Å²) in [6, 6.07) is 1.54. The molecule has 0 saturated heterocycles. The van der Waals surface area contributed by atoms with E-state index in [2.05, 4.69) is 15.5 Å². The standard InChI is InChI=1S/C12H15N5O3/c1-2-16-8-9(7-14-16)15-12(20)10-3-5-13-17(10)6-4-11(18)19/h3,5,7-8H,2,4,6H2,1H3,(H,15,20)(H,18,19). The van der Waals surface area contributed by atoms with Gasteiger partial charge in [-0.1, -0.05) is 0 Å². The van der Waals surface area contributed by atoms with E-state index in [4.69, 9.17) is 5.11 Å². The van der Waals surface area contributed by atoms with Crippen LogP contribution < -0.4 is 5.32 Å². The number of hydrogen-bond donors (Lipinski definition) is 2. The first kappa shape index (κ1) is 13.8. The van der Waals surface area contributed by atoms with E-state index in [1.165, 1.54) is 10.9 Å². The Kier molecular flexibility index (Phi) is 4.14. The number of carbonyl (C=O) groups is 2. The number of carbonyl (C=O) groups excluding carboxylic acids is 1. The molecule has 0 bridgehead atoms. The lowest BCUT2D eigenvalue weighted by atomic mass is 10.3. The smallest absolute Gasteiger partial charge is 0.305 e. The van der Waals surface area contributed by atoms with Gasteiger partial charge in [0.1, 0.15) is 5.69 Å². The molecule has 0 saturated carbocycles. The molecule has 0 aliphatic rings. The van der Waals surface area contributed by atoms with Crippen molar-refractivity contribution in [3.63, 3.8) is 0 Å². The summed E-state index contributed by atoms with van der Waals surface area (Å²) in [6.45, 7) is 2.81. The normalized spacial score (nSPS) is 10.4. The molecule has 2 aromatic rings. The number of rotatable bonds is 6. The van der Waals surface area contributed by atoms with Crippen molar-refractivity contribution in [1.82, 2.24) is 19.6 Å². The number of hydrogen-bond acceptors (Lipinski definition) is 4. The summed E-state index contributed by atoms with van der Waals surface area (Å²) in [5, 5.41) is 19.3. The molecule has 2 N–H and O–H groups in total. The summed E-state index contributed by atoms with van der Waals surface area (Å²) in [5.74, 6) is -1.28. The zero-order valence-electron chi connectivity index (χ0n) is 11.0. The fraction of sp³-hybridized carbons (Fsp3) is 0.333. The maximum atomic E-state index is 12.1. The Bertz CT molecular complexity index is 616. The van der Waals surface area contributed by atoms with E-state index in [1.54, 1.807) is 23.1 Å². The van der Waals surface area contributed by atoms with Crippen LogP contribution in [0.3, 0.4) is 0 Å². The van der Waals surface area contributed by atoms with Gasteiger partial charge in [-0.3, -0.25) is 19.0 Å². The first-order valence-electron chi connectivity index (χ1n) is 6.17. The van der Waals surface area contributed by atoms with Crippen LogP contribution >= 0.6 is 0 Å². The second-order valence-corrected chi connectivity index (χ2v) is 4.12. The zero-order chi connectivity index (χ0) is 14.5. The van der Waals surface area contributed by atoms with E-state index in [9.17, 15) is 9.59 Å². The minimum atomic E-state index is -0.934. The van der Waals surface area contributed by atoms with E-state index >= 15 is 0 Å². The average molecular weight is 277 g/mol. The summed E-state index contributed by atoms with van der Waals surface area (Å²) in [7, 11) is 0. The maximum absolute atomic E-state index is 12.1. The molecule has 2 aromatic heterocycles. The van der Waals surface area contributed by atoms with Crippen molar-refractivity contribution in [3.05, 3.63) is 30.4 Å². The zero-order valence-corrected chi connectivity index (χ0v) is 11.0. The molecule has 8 nitrogen and oxygen atoms in total. The number of carboxylic acid groups (broad SMARTS) is 1. The SMILES string of the molecule is CCn1cc(NC(=O)c2ccnn2CCC(=O)O)cn1. The van der Waals surface area contributed by atoms with Crippen LogP contribution in [0.4, 0.5) is 5.69 Å². The molecule has 0 atom stereocenters. The Morgan fingerprint density at radius 2 is 2.20 bits per heavy atom. The first-order valence-corrected chi connectivity index (χ1v) is 6.17. The van der Waals surface area contributed by atoms with E-state index in [1.807, 2.05) is 6.92 Å². The summed E-state index contributed by atoms with van der Waals surface area (Å²) >= 11 is 0. The molecule has 0 aromatic carbocycles. The lowest BCUT2D eigenvalue weighted by Gasteiger charge is -2.05. The Morgan fingerprint density at radius 3 is 2.85 bits per heavy atom. The number of carboxylic acids is 1. The molecule has 106 valence electrons. The van der Waals surface area contributed by atoms with Crippen molar-refractivity contribution in [2.24, 2.45) is 0 Å². The van der Waals surface area contributed by atoms with Crippen LogP contribution in [0.15, 0.2) is 24.7 Å². The number of amides is 1. The molecule has 0 aliphatic carbocycles. The van der Waals surface area contributed by atoms with Crippen LogP contribution in [0, 0.1) is 0 Å². The van der Waals surface area contributed by atoms with Crippen LogP contribution in [0.1, 0.15) is 23.8 Å². The second-order valence-electron chi connectivity index (χ2n) is 4.12. The largest absolute Gasteiger partial charge is 0.481 e. The molecule has 0 aliphatic heterocycles. The third-order valence-electron chi connectivity index (χ3n) is 2.70. The molecule has 0 unspecified atom stereocenters. The number of nitrogens with one attached hydrogen (secondary N) is 1. The fourth-order valence-electron chi connectivity index (χ4n) is 1.70. The lowest BCUT2D eigenvalue weighted by molar-refractivity contribution is -0.137. The number of nitrogens with zero attached hydrogens (tertiary/aromatic N) is 4. The Hall–Kier alpha value is -2.64. The molecular formula is C12H15N5O3. The summed E-state index contributed by atoms with van der Waals surface area (Å²) in [5.41, 5.74) is 0.901. The molecule has 0 spiro atoms. The van der Waals surface area contributed by atoms with Crippen LogP contribution in [0.2, 0.25) is 0 Å². The van der Waals surface area contributed by atoms with Gasteiger partial charge in [-0.05, 0) is 13.0 Å². The number of aryl methyl sites for hydroxylation is 2. The summed E-state index contributed by atoms with van der Waals surface area (Å²) in [4.78, 5) is 22.6. The second kappa shape index (κ2) is 6.00. The molecule has 0 radical (unpaired) electrons. The highest BCUT2D eigenvalue weighted by Crippen LogP contribution is 2.08. The third-order valence-corrected chi connectivity index (χ3v) is 2.70. The molecule has 8 heteroatoms. The first-order chi connectivity index (χ1) is 9.60. The van der Waals surface area contributed by atoms with Crippen molar-refractivity contribution in [2.45, 2.75) is 26.4 Å². The van der Waals surface area contributed by atoms with Gasteiger partial charge in [-0.15, -0.1) is 0 Å². The van der Waals surface area contributed by atoms with Gasteiger partial charge < -0.3 is 10.4 Å². The van der Waals surface area contributed by atoms with Gasteiger partial charge in [0.05, 0.1) is 24.8 Å².